The zero-order valence-corrected chi connectivity index (χ0v) is 21.1. The number of rotatable bonds is 22. The van der Waals surface area contributed by atoms with E-state index in [2.05, 4.69) is 27.6 Å². The number of esters is 1. The number of unbranched alkanes of at least 4 members (excludes halogenated alkanes) is 17. The number of hydrogen-bond donors (Lipinski definition) is 0. The zero-order valence-electron chi connectivity index (χ0n) is 21.1. The van der Waals surface area contributed by atoms with Gasteiger partial charge in [0.25, 0.3) is 0 Å². The minimum atomic E-state index is -0.327. The second kappa shape index (κ2) is 20.1. The van der Waals surface area contributed by atoms with Crippen molar-refractivity contribution in [2.75, 3.05) is 20.6 Å². The molecule has 0 N–H and O–H groups in total. The van der Waals surface area contributed by atoms with Crippen LogP contribution >= 0.6 is 0 Å². The Hall–Kier alpha value is -0.830. The molecular weight excluding hydrogens is 370 g/mol. The molecule has 0 amide bonds. The van der Waals surface area contributed by atoms with Crippen molar-refractivity contribution < 1.29 is 14.0 Å². The summed E-state index contributed by atoms with van der Waals surface area (Å²) >= 11 is 0. The first kappa shape index (κ1) is 29.2. The maximum Gasteiger partial charge on any atom is 0.334 e. The maximum absolute atomic E-state index is 11.4. The standard InChI is InChI=1S/C27H54NO2/c1-6-8-9-10-11-12-13-14-15-16-17-18-19-20-21-22-23-24-25-28(4,5)26(3)30-27(29)7-2/h7,26H,2,6,8-25H2,1,3-5H3/q+1. The number of hydrogen-bond acceptors (Lipinski definition) is 2. The molecule has 3 heteroatoms. The Balaban J connectivity index is 3.35. The van der Waals surface area contributed by atoms with Crippen LogP contribution in [-0.4, -0.2) is 37.3 Å². The molecule has 0 aliphatic carbocycles. The van der Waals surface area contributed by atoms with E-state index in [9.17, 15) is 4.79 Å². The molecule has 0 aromatic rings. The highest BCUT2D eigenvalue weighted by Crippen LogP contribution is 2.15. The number of ether oxygens (including phenoxy) is 1. The van der Waals surface area contributed by atoms with Gasteiger partial charge in [-0.1, -0.05) is 116 Å². The Morgan fingerprint density at radius 2 is 1.07 bits per heavy atom. The molecule has 0 spiro atoms. The van der Waals surface area contributed by atoms with E-state index in [-0.39, 0.29) is 12.2 Å². The molecule has 0 fully saturated rings. The lowest BCUT2D eigenvalue weighted by atomic mass is 10.0. The van der Waals surface area contributed by atoms with Crippen molar-refractivity contribution in [3.05, 3.63) is 12.7 Å². The molecule has 1 unspecified atom stereocenters. The summed E-state index contributed by atoms with van der Waals surface area (Å²) in [5.74, 6) is -0.327. The van der Waals surface area contributed by atoms with Crippen molar-refractivity contribution in [1.82, 2.24) is 0 Å². The highest BCUT2D eigenvalue weighted by Gasteiger charge is 2.25. The van der Waals surface area contributed by atoms with Crippen LogP contribution in [0.4, 0.5) is 0 Å². The first-order valence-corrected chi connectivity index (χ1v) is 13.1. The highest BCUT2D eigenvalue weighted by molar-refractivity contribution is 5.81. The first-order valence-electron chi connectivity index (χ1n) is 13.1. The molecule has 0 heterocycles. The Morgan fingerprint density at radius 1 is 0.733 bits per heavy atom. The van der Waals surface area contributed by atoms with Crippen molar-refractivity contribution >= 4 is 5.97 Å². The van der Waals surface area contributed by atoms with Crippen LogP contribution in [0.2, 0.25) is 0 Å². The second-order valence-electron chi connectivity index (χ2n) is 9.75. The number of carbonyl (C=O) groups is 1. The third-order valence-electron chi connectivity index (χ3n) is 6.53. The predicted molar refractivity (Wildman–Crippen MR) is 132 cm³/mol. The van der Waals surface area contributed by atoms with Crippen molar-refractivity contribution in [1.29, 1.82) is 0 Å². The topological polar surface area (TPSA) is 26.3 Å². The van der Waals surface area contributed by atoms with Crippen LogP contribution in [0.1, 0.15) is 129 Å². The molecule has 0 saturated carbocycles. The molecule has 1 atom stereocenters. The van der Waals surface area contributed by atoms with Gasteiger partial charge in [0, 0.05) is 13.0 Å². The summed E-state index contributed by atoms with van der Waals surface area (Å²) in [5.41, 5.74) is 0. The van der Waals surface area contributed by atoms with E-state index in [1.165, 1.54) is 122 Å². The van der Waals surface area contributed by atoms with Gasteiger partial charge in [0.1, 0.15) is 0 Å². The van der Waals surface area contributed by atoms with Crippen LogP contribution in [0.3, 0.4) is 0 Å². The van der Waals surface area contributed by atoms with Crippen molar-refractivity contribution in [3.8, 4) is 0 Å². The second-order valence-corrected chi connectivity index (χ2v) is 9.75. The molecule has 0 rings (SSSR count). The van der Waals surface area contributed by atoms with Gasteiger partial charge in [-0.3, -0.25) is 4.48 Å². The fraction of sp³-hybridized carbons (Fsp3) is 0.889. The maximum atomic E-state index is 11.4. The lowest BCUT2D eigenvalue weighted by molar-refractivity contribution is -0.932. The minimum absolute atomic E-state index is 0.124. The quantitative estimate of drug-likeness (QED) is 0.0575. The molecule has 0 radical (unpaired) electrons. The van der Waals surface area contributed by atoms with Crippen molar-refractivity contribution in [2.45, 2.75) is 136 Å². The van der Waals surface area contributed by atoms with Gasteiger partial charge in [0.05, 0.1) is 20.6 Å². The van der Waals surface area contributed by atoms with Crippen LogP contribution in [0, 0.1) is 0 Å². The molecule has 178 valence electrons. The molecular formula is C27H54NO2+. The number of carbonyl (C=O) groups excluding carboxylic acids is 1. The molecule has 0 bridgehead atoms. The van der Waals surface area contributed by atoms with Gasteiger partial charge in [-0.15, -0.1) is 0 Å². The lowest BCUT2D eigenvalue weighted by Crippen LogP contribution is -2.49. The Labute approximate surface area is 189 Å². The first-order chi connectivity index (χ1) is 14.4. The van der Waals surface area contributed by atoms with Gasteiger partial charge in [-0.2, -0.15) is 0 Å². The summed E-state index contributed by atoms with van der Waals surface area (Å²) in [6.45, 7) is 8.77. The van der Waals surface area contributed by atoms with Crippen LogP contribution < -0.4 is 0 Å². The molecule has 0 aromatic carbocycles. The molecule has 0 saturated heterocycles. The average Bonchev–Trinajstić information content (AvgIpc) is 2.72. The summed E-state index contributed by atoms with van der Waals surface area (Å²) in [5, 5.41) is 0. The predicted octanol–water partition coefficient (Wildman–Crippen LogP) is 8.18. The fourth-order valence-electron chi connectivity index (χ4n) is 3.96. The van der Waals surface area contributed by atoms with Crippen LogP contribution in [0.5, 0.6) is 0 Å². The van der Waals surface area contributed by atoms with Crippen LogP contribution in [0.25, 0.3) is 0 Å². The number of quaternary nitrogens is 1. The highest BCUT2D eigenvalue weighted by atomic mass is 16.6. The summed E-state index contributed by atoms with van der Waals surface area (Å²) in [7, 11) is 4.27. The monoisotopic (exact) mass is 424 g/mol. The van der Waals surface area contributed by atoms with Gasteiger partial charge < -0.3 is 4.74 Å². The molecule has 0 aromatic heterocycles. The van der Waals surface area contributed by atoms with E-state index in [4.69, 9.17) is 4.74 Å². The smallest absolute Gasteiger partial charge is 0.334 e. The Morgan fingerprint density at radius 3 is 1.40 bits per heavy atom. The summed E-state index contributed by atoms with van der Waals surface area (Å²) < 4.78 is 6.09. The van der Waals surface area contributed by atoms with E-state index in [0.717, 1.165) is 11.0 Å². The van der Waals surface area contributed by atoms with E-state index in [1.807, 2.05) is 6.92 Å². The lowest BCUT2D eigenvalue weighted by Gasteiger charge is -2.34. The van der Waals surface area contributed by atoms with E-state index < -0.39 is 0 Å². The summed E-state index contributed by atoms with van der Waals surface area (Å²) in [6.07, 6.45) is 26.3. The normalized spacial score (nSPS) is 12.7. The van der Waals surface area contributed by atoms with E-state index in [1.54, 1.807) is 0 Å². The number of nitrogens with zero attached hydrogens (tertiary/aromatic N) is 1. The van der Waals surface area contributed by atoms with E-state index in [0.29, 0.717) is 0 Å². The molecule has 3 nitrogen and oxygen atoms in total. The molecule has 30 heavy (non-hydrogen) atoms. The fourth-order valence-corrected chi connectivity index (χ4v) is 3.96. The zero-order chi connectivity index (χ0) is 22.5. The summed E-state index contributed by atoms with van der Waals surface area (Å²) in [4.78, 5) is 11.4. The van der Waals surface area contributed by atoms with E-state index >= 15 is 0 Å². The average molecular weight is 425 g/mol. The largest absolute Gasteiger partial charge is 0.410 e. The van der Waals surface area contributed by atoms with Gasteiger partial charge in [-0.25, -0.2) is 4.79 Å². The van der Waals surface area contributed by atoms with Gasteiger partial charge >= 0.3 is 5.97 Å². The summed E-state index contributed by atoms with van der Waals surface area (Å²) in [6, 6.07) is 0. The van der Waals surface area contributed by atoms with Crippen molar-refractivity contribution in [3.63, 3.8) is 0 Å². The third kappa shape index (κ3) is 18.0. The third-order valence-corrected chi connectivity index (χ3v) is 6.53. The SMILES string of the molecule is C=CC(=O)OC(C)[N+](C)(C)CCCCCCCCCCCCCCCCCCCC. The van der Waals surface area contributed by atoms with Crippen LogP contribution in [0.15, 0.2) is 12.7 Å². The Kier molecular flexibility index (Phi) is 19.5. The molecule has 0 aliphatic rings. The van der Waals surface area contributed by atoms with Gasteiger partial charge in [0.2, 0.25) is 6.23 Å². The van der Waals surface area contributed by atoms with Crippen molar-refractivity contribution in [2.24, 2.45) is 0 Å². The van der Waals surface area contributed by atoms with Gasteiger partial charge in [-0.05, 0) is 12.8 Å². The Bertz CT molecular complexity index is 406. The molecule has 0 aliphatic heterocycles. The van der Waals surface area contributed by atoms with Gasteiger partial charge in [0.15, 0.2) is 0 Å². The van der Waals surface area contributed by atoms with Crippen LogP contribution in [-0.2, 0) is 9.53 Å². The minimum Gasteiger partial charge on any atom is -0.410 e.